The lowest BCUT2D eigenvalue weighted by Crippen LogP contribution is -2.38. The average Bonchev–Trinajstić information content (AvgIpc) is 3.45. The lowest BCUT2D eigenvalue weighted by atomic mass is 10.1. The molecule has 0 aliphatic carbocycles. The van der Waals surface area contributed by atoms with Gasteiger partial charge in [0.2, 0.25) is 0 Å². The van der Waals surface area contributed by atoms with Crippen LogP contribution < -0.4 is 20.3 Å². The molecule has 0 spiro atoms. The summed E-state index contributed by atoms with van der Waals surface area (Å²) in [7, 11) is 1.70. The Kier molecular flexibility index (Phi) is 7.14. The van der Waals surface area contributed by atoms with Gasteiger partial charge in [0.25, 0.3) is 0 Å². The van der Waals surface area contributed by atoms with Crippen LogP contribution in [-0.2, 0) is 6.42 Å². The summed E-state index contributed by atoms with van der Waals surface area (Å²) in [5.74, 6) is 2.04. The van der Waals surface area contributed by atoms with Crippen molar-refractivity contribution in [1.29, 1.82) is 0 Å². The van der Waals surface area contributed by atoms with Crippen LogP contribution in [0.5, 0.6) is 5.75 Å². The third kappa shape index (κ3) is 5.33. The molecule has 1 aliphatic heterocycles. The number of halogens is 1. The summed E-state index contributed by atoms with van der Waals surface area (Å²) < 4.78 is 19.0. The van der Waals surface area contributed by atoms with Crippen molar-refractivity contribution in [2.45, 2.75) is 19.8 Å². The van der Waals surface area contributed by atoms with Gasteiger partial charge in [-0.05, 0) is 61.6 Å². The maximum absolute atomic E-state index is 13.6. The quantitative estimate of drug-likeness (QED) is 0.369. The number of hydrogen-bond donors (Lipinski definition) is 3. The fraction of sp³-hybridized carbons (Fsp3) is 0.400. The highest BCUT2D eigenvalue weighted by molar-refractivity contribution is 5.83. The zero-order chi connectivity index (χ0) is 22.3. The van der Waals surface area contributed by atoms with E-state index in [1.165, 1.54) is 11.8 Å². The molecule has 3 N–H and O–H groups in total. The number of H-pyrrole nitrogens is 1. The third-order valence-corrected chi connectivity index (χ3v) is 5.97. The van der Waals surface area contributed by atoms with E-state index in [0.29, 0.717) is 5.92 Å². The number of fused-ring (bicyclic) bond motifs is 1. The monoisotopic (exact) mass is 437 g/mol. The molecule has 1 unspecified atom stereocenters. The molecule has 7 heteroatoms. The molecule has 3 aromatic rings. The van der Waals surface area contributed by atoms with Crippen LogP contribution in [0, 0.1) is 11.7 Å². The maximum Gasteiger partial charge on any atom is 0.191 e. The van der Waals surface area contributed by atoms with E-state index in [1.807, 2.05) is 18.3 Å². The van der Waals surface area contributed by atoms with Gasteiger partial charge < -0.3 is 25.3 Å². The summed E-state index contributed by atoms with van der Waals surface area (Å²) in [4.78, 5) is 10.4. The molecule has 1 aliphatic rings. The van der Waals surface area contributed by atoms with E-state index in [4.69, 9.17) is 9.73 Å². The molecule has 1 saturated heterocycles. The first kappa shape index (κ1) is 22.0. The lowest BCUT2D eigenvalue weighted by molar-refractivity contribution is 0.415. The van der Waals surface area contributed by atoms with Gasteiger partial charge in [-0.3, -0.25) is 4.99 Å². The summed E-state index contributed by atoms with van der Waals surface area (Å²) in [6, 6.07) is 13.1. The average molecular weight is 438 g/mol. The molecule has 2 heterocycles. The second-order valence-electron chi connectivity index (χ2n) is 8.20. The number of methoxy groups -OCH3 is 1. The van der Waals surface area contributed by atoms with Crippen molar-refractivity contribution in [1.82, 2.24) is 15.6 Å². The molecule has 1 atom stereocenters. The van der Waals surface area contributed by atoms with E-state index in [-0.39, 0.29) is 5.82 Å². The molecule has 1 fully saturated rings. The molecule has 6 nitrogen and oxygen atoms in total. The lowest BCUT2D eigenvalue weighted by Gasteiger charge is -2.19. The Morgan fingerprint density at radius 2 is 2.16 bits per heavy atom. The summed E-state index contributed by atoms with van der Waals surface area (Å²) in [6.07, 6.45) is 3.88. The number of guanidine groups is 1. The molecule has 4 rings (SSSR count). The van der Waals surface area contributed by atoms with Crippen LogP contribution in [0.15, 0.2) is 53.7 Å². The number of ether oxygens (including phenoxy) is 1. The third-order valence-electron chi connectivity index (χ3n) is 5.97. The Labute approximate surface area is 188 Å². The second-order valence-corrected chi connectivity index (χ2v) is 8.20. The highest BCUT2D eigenvalue weighted by Gasteiger charge is 2.22. The first-order valence-electron chi connectivity index (χ1n) is 11.3. The van der Waals surface area contributed by atoms with Crippen LogP contribution in [0.1, 0.15) is 18.9 Å². The van der Waals surface area contributed by atoms with Crippen LogP contribution in [0.3, 0.4) is 0 Å². The van der Waals surface area contributed by atoms with Crippen LogP contribution in [0.4, 0.5) is 10.1 Å². The molecule has 2 aromatic carbocycles. The van der Waals surface area contributed by atoms with Crippen molar-refractivity contribution in [2.75, 3.05) is 44.7 Å². The second kappa shape index (κ2) is 10.4. The number of anilines is 1. The Balaban J connectivity index is 1.30. The zero-order valence-electron chi connectivity index (χ0n) is 18.8. The summed E-state index contributed by atoms with van der Waals surface area (Å²) in [6.45, 7) is 6.43. The highest BCUT2D eigenvalue weighted by atomic mass is 19.1. The number of aliphatic imine (C=N–C) groups is 1. The van der Waals surface area contributed by atoms with Crippen LogP contribution in [0.2, 0.25) is 0 Å². The van der Waals surface area contributed by atoms with Crippen molar-refractivity contribution in [3.05, 3.63) is 60.0 Å². The topological polar surface area (TPSA) is 64.7 Å². The van der Waals surface area contributed by atoms with E-state index < -0.39 is 0 Å². The van der Waals surface area contributed by atoms with Crippen LogP contribution in [-0.4, -0.2) is 50.8 Å². The summed E-state index contributed by atoms with van der Waals surface area (Å²) in [5.41, 5.74) is 3.27. The molecule has 0 radical (unpaired) electrons. The number of nitrogens with one attached hydrogen (secondary N) is 3. The SMILES string of the molecule is CCNC(=NCC1CCN(c2cccc(OC)c2)C1)NCCc1c[nH]c2ccc(F)cc12. The number of rotatable bonds is 8. The Bertz CT molecular complexity index is 1060. The van der Waals surface area contributed by atoms with E-state index in [0.717, 1.165) is 73.7 Å². The Morgan fingerprint density at radius 3 is 3.00 bits per heavy atom. The van der Waals surface area contributed by atoms with Gasteiger partial charge in [-0.15, -0.1) is 0 Å². The van der Waals surface area contributed by atoms with E-state index >= 15 is 0 Å². The maximum atomic E-state index is 13.6. The normalized spacial score (nSPS) is 16.5. The van der Waals surface area contributed by atoms with Crippen LogP contribution >= 0.6 is 0 Å². The largest absolute Gasteiger partial charge is 0.497 e. The van der Waals surface area contributed by atoms with Gasteiger partial charge >= 0.3 is 0 Å². The fourth-order valence-electron chi connectivity index (χ4n) is 4.26. The molecular weight excluding hydrogens is 405 g/mol. The van der Waals surface area contributed by atoms with Crippen LogP contribution in [0.25, 0.3) is 10.9 Å². The summed E-state index contributed by atoms with van der Waals surface area (Å²) in [5, 5.41) is 7.70. The molecule has 0 amide bonds. The van der Waals surface area contributed by atoms with Gasteiger partial charge in [-0.25, -0.2) is 4.39 Å². The predicted molar refractivity (Wildman–Crippen MR) is 129 cm³/mol. The van der Waals surface area contributed by atoms with Crippen molar-refractivity contribution >= 4 is 22.5 Å². The molecule has 0 bridgehead atoms. The Hall–Kier alpha value is -3.22. The molecular formula is C25H32FN5O. The predicted octanol–water partition coefficient (Wildman–Crippen LogP) is 3.94. The minimum absolute atomic E-state index is 0.208. The van der Waals surface area contributed by atoms with Gasteiger partial charge in [0.15, 0.2) is 5.96 Å². The van der Waals surface area contributed by atoms with Gasteiger partial charge in [0, 0.05) is 61.6 Å². The fourth-order valence-corrected chi connectivity index (χ4v) is 4.26. The van der Waals surface area contributed by atoms with Gasteiger partial charge in [0.1, 0.15) is 11.6 Å². The standard InChI is InChI=1S/C25H32FN5O/c1-3-27-25(28-11-9-19-16-29-24-8-7-20(26)13-23(19)24)30-15-18-10-12-31(17-18)21-5-4-6-22(14-21)32-2/h4-8,13-14,16,18,29H,3,9-12,15,17H2,1-2H3,(H2,27,28,30). The van der Waals surface area contributed by atoms with Gasteiger partial charge in [0.05, 0.1) is 7.11 Å². The van der Waals surface area contributed by atoms with Crippen molar-refractivity contribution in [3.8, 4) is 5.75 Å². The Morgan fingerprint density at radius 1 is 1.25 bits per heavy atom. The molecule has 170 valence electrons. The van der Waals surface area contributed by atoms with E-state index in [1.54, 1.807) is 19.2 Å². The highest BCUT2D eigenvalue weighted by Crippen LogP contribution is 2.27. The van der Waals surface area contributed by atoms with Crippen molar-refractivity contribution in [2.24, 2.45) is 10.9 Å². The number of nitrogens with zero attached hydrogens (tertiary/aromatic N) is 2. The first-order valence-corrected chi connectivity index (χ1v) is 11.3. The first-order chi connectivity index (χ1) is 15.7. The van der Waals surface area contributed by atoms with E-state index in [2.05, 4.69) is 39.6 Å². The zero-order valence-corrected chi connectivity index (χ0v) is 18.8. The van der Waals surface area contributed by atoms with E-state index in [9.17, 15) is 4.39 Å². The van der Waals surface area contributed by atoms with Gasteiger partial charge in [-0.2, -0.15) is 0 Å². The van der Waals surface area contributed by atoms with Crippen molar-refractivity contribution in [3.63, 3.8) is 0 Å². The molecule has 1 aromatic heterocycles. The minimum Gasteiger partial charge on any atom is -0.497 e. The number of hydrogen-bond acceptors (Lipinski definition) is 3. The number of aromatic nitrogens is 1. The molecule has 32 heavy (non-hydrogen) atoms. The molecule has 0 saturated carbocycles. The van der Waals surface area contributed by atoms with Gasteiger partial charge in [-0.1, -0.05) is 6.07 Å². The number of benzene rings is 2. The minimum atomic E-state index is -0.208. The smallest absolute Gasteiger partial charge is 0.191 e. The number of aromatic amines is 1. The summed E-state index contributed by atoms with van der Waals surface area (Å²) >= 11 is 0. The van der Waals surface area contributed by atoms with Crippen molar-refractivity contribution < 1.29 is 9.13 Å².